The fourth-order valence-electron chi connectivity index (χ4n) is 2.04. The van der Waals surface area contributed by atoms with Crippen LogP contribution < -0.4 is 0 Å². The lowest BCUT2D eigenvalue weighted by Gasteiger charge is -2.26. The van der Waals surface area contributed by atoms with E-state index in [-0.39, 0.29) is 6.61 Å². The van der Waals surface area contributed by atoms with E-state index in [0.717, 1.165) is 50.4 Å². The van der Waals surface area contributed by atoms with E-state index in [1.807, 2.05) is 6.07 Å². The number of aromatic hydroxyl groups is 1. The maximum atomic E-state index is 9.74. The number of phenolic OH excluding ortho intramolecular Hbond substituents is 1. The van der Waals surface area contributed by atoms with Crippen molar-refractivity contribution < 1.29 is 14.9 Å². The van der Waals surface area contributed by atoms with E-state index in [4.69, 9.17) is 9.84 Å². The predicted octanol–water partition coefficient (Wildman–Crippen LogP) is 0.759. The molecule has 0 bridgehead atoms. The van der Waals surface area contributed by atoms with Gasteiger partial charge in [-0.25, -0.2) is 0 Å². The Balaban J connectivity index is 1.92. The summed E-state index contributed by atoms with van der Waals surface area (Å²) in [7, 11) is 0. The molecule has 17 heavy (non-hydrogen) atoms. The van der Waals surface area contributed by atoms with Crippen LogP contribution in [0.5, 0.6) is 5.75 Å². The van der Waals surface area contributed by atoms with Gasteiger partial charge in [-0.05, 0) is 29.7 Å². The third-order valence-electron chi connectivity index (χ3n) is 3.13. The Kier molecular flexibility index (Phi) is 4.36. The second kappa shape index (κ2) is 6.00. The average Bonchev–Trinajstić information content (AvgIpc) is 2.39. The van der Waals surface area contributed by atoms with Gasteiger partial charge in [-0.1, -0.05) is 6.07 Å². The number of rotatable bonds is 4. The molecule has 1 saturated heterocycles. The molecule has 4 nitrogen and oxygen atoms in total. The zero-order valence-electron chi connectivity index (χ0n) is 9.93. The second-order valence-electron chi connectivity index (χ2n) is 4.33. The topological polar surface area (TPSA) is 52.9 Å². The van der Waals surface area contributed by atoms with Gasteiger partial charge in [-0.3, -0.25) is 4.90 Å². The molecule has 4 heteroatoms. The summed E-state index contributed by atoms with van der Waals surface area (Å²) in [5.41, 5.74) is 1.75. The van der Waals surface area contributed by atoms with E-state index < -0.39 is 0 Å². The fourth-order valence-corrected chi connectivity index (χ4v) is 2.04. The zero-order valence-corrected chi connectivity index (χ0v) is 9.93. The van der Waals surface area contributed by atoms with E-state index in [0.29, 0.717) is 5.75 Å². The monoisotopic (exact) mass is 237 g/mol. The predicted molar refractivity (Wildman–Crippen MR) is 65.0 cm³/mol. The minimum absolute atomic E-state index is 0.0187. The van der Waals surface area contributed by atoms with Crippen LogP contribution in [0.2, 0.25) is 0 Å². The standard InChI is InChI=1S/C13H19NO3/c15-10-11-1-2-13(16)12(9-11)3-4-14-5-7-17-8-6-14/h1-2,9,15-16H,3-8,10H2. The van der Waals surface area contributed by atoms with E-state index >= 15 is 0 Å². The van der Waals surface area contributed by atoms with Gasteiger partial charge >= 0.3 is 0 Å². The lowest BCUT2D eigenvalue weighted by molar-refractivity contribution is 0.0384. The summed E-state index contributed by atoms with van der Waals surface area (Å²) >= 11 is 0. The summed E-state index contributed by atoms with van der Waals surface area (Å²) < 4.78 is 5.29. The molecule has 0 unspecified atom stereocenters. The summed E-state index contributed by atoms with van der Waals surface area (Å²) in [5, 5.41) is 18.8. The van der Waals surface area contributed by atoms with Crippen molar-refractivity contribution in [1.82, 2.24) is 4.90 Å². The smallest absolute Gasteiger partial charge is 0.118 e. The molecule has 0 saturated carbocycles. The Bertz CT molecular complexity index is 362. The van der Waals surface area contributed by atoms with Crippen LogP contribution in [0.15, 0.2) is 18.2 Å². The molecule has 1 aliphatic rings. The van der Waals surface area contributed by atoms with Crippen LogP contribution in [0.4, 0.5) is 0 Å². The highest BCUT2D eigenvalue weighted by Gasteiger charge is 2.11. The highest BCUT2D eigenvalue weighted by molar-refractivity contribution is 5.36. The lowest BCUT2D eigenvalue weighted by atomic mass is 10.1. The van der Waals surface area contributed by atoms with Crippen LogP contribution in [0.25, 0.3) is 0 Å². The number of phenols is 1. The first-order valence-corrected chi connectivity index (χ1v) is 6.01. The maximum Gasteiger partial charge on any atom is 0.118 e. The van der Waals surface area contributed by atoms with Crippen molar-refractivity contribution in [3.8, 4) is 5.75 Å². The molecule has 0 radical (unpaired) electrons. The first kappa shape index (κ1) is 12.4. The number of nitrogens with zero attached hydrogens (tertiary/aromatic N) is 1. The molecule has 1 aromatic carbocycles. The van der Waals surface area contributed by atoms with Gasteiger partial charge in [0.2, 0.25) is 0 Å². The number of aliphatic hydroxyl groups excluding tert-OH is 1. The van der Waals surface area contributed by atoms with E-state index in [1.165, 1.54) is 0 Å². The van der Waals surface area contributed by atoms with Gasteiger partial charge in [-0.2, -0.15) is 0 Å². The summed E-state index contributed by atoms with van der Waals surface area (Å²) in [6.45, 7) is 4.45. The van der Waals surface area contributed by atoms with Crippen molar-refractivity contribution in [2.24, 2.45) is 0 Å². The Morgan fingerprint density at radius 3 is 2.71 bits per heavy atom. The minimum Gasteiger partial charge on any atom is -0.508 e. The van der Waals surface area contributed by atoms with Crippen molar-refractivity contribution >= 4 is 0 Å². The van der Waals surface area contributed by atoms with Crippen LogP contribution in [-0.2, 0) is 17.8 Å². The molecular weight excluding hydrogens is 218 g/mol. The van der Waals surface area contributed by atoms with Gasteiger partial charge in [0.15, 0.2) is 0 Å². The molecule has 1 heterocycles. The van der Waals surface area contributed by atoms with Gasteiger partial charge < -0.3 is 14.9 Å². The Morgan fingerprint density at radius 2 is 2.00 bits per heavy atom. The molecule has 1 aliphatic heterocycles. The number of hydrogen-bond donors (Lipinski definition) is 2. The van der Waals surface area contributed by atoms with Crippen LogP contribution >= 0.6 is 0 Å². The minimum atomic E-state index is 0.0187. The number of hydrogen-bond acceptors (Lipinski definition) is 4. The molecule has 0 aromatic heterocycles. The van der Waals surface area contributed by atoms with Crippen LogP contribution in [-0.4, -0.2) is 48.0 Å². The van der Waals surface area contributed by atoms with Crippen molar-refractivity contribution in [1.29, 1.82) is 0 Å². The van der Waals surface area contributed by atoms with Crippen LogP contribution in [0, 0.1) is 0 Å². The fraction of sp³-hybridized carbons (Fsp3) is 0.538. The Hall–Kier alpha value is -1.10. The van der Waals surface area contributed by atoms with Gasteiger partial charge in [0.1, 0.15) is 5.75 Å². The summed E-state index contributed by atoms with van der Waals surface area (Å²) in [6, 6.07) is 5.27. The van der Waals surface area contributed by atoms with Crippen LogP contribution in [0.3, 0.4) is 0 Å². The largest absolute Gasteiger partial charge is 0.508 e. The van der Waals surface area contributed by atoms with E-state index in [2.05, 4.69) is 4.90 Å². The second-order valence-corrected chi connectivity index (χ2v) is 4.33. The molecule has 94 valence electrons. The van der Waals surface area contributed by atoms with Crippen molar-refractivity contribution in [3.05, 3.63) is 29.3 Å². The quantitative estimate of drug-likeness (QED) is 0.811. The SMILES string of the molecule is OCc1ccc(O)c(CCN2CCOCC2)c1. The number of benzene rings is 1. The number of aliphatic hydroxyl groups is 1. The average molecular weight is 237 g/mol. The number of ether oxygens (including phenoxy) is 1. The highest BCUT2D eigenvalue weighted by atomic mass is 16.5. The summed E-state index contributed by atoms with van der Waals surface area (Å²) in [5.74, 6) is 0.315. The molecule has 1 fully saturated rings. The number of morpholine rings is 1. The molecule has 1 aromatic rings. The summed E-state index contributed by atoms with van der Waals surface area (Å²) in [6.07, 6.45) is 0.805. The molecule has 0 spiro atoms. The van der Waals surface area contributed by atoms with E-state index in [1.54, 1.807) is 12.1 Å². The Morgan fingerprint density at radius 1 is 1.24 bits per heavy atom. The molecule has 2 N–H and O–H groups in total. The normalized spacial score (nSPS) is 17.2. The van der Waals surface area contributed by atoms with Crippen molar-refractivity contribution in [2.45, 2.75) is 13.0 Å². The van der Waals surface area contributed by atoms with Gasteiger partial charge in [0.25, 0.3) is 0 Å². The summed E-state index contributed by atoms with van der Waals surface area (Å²) in [4.78, 5) is 2.33. The maximum absolute atomic E-state index is 9.74. The van der Waals surface area contributed by atoms with Gasteiger partial charge in [0.05, 0.1) is 19.8 Å². The Labute approximate surface area is 101 Å². The molecular formula is C13H19NO3. The first-order valence-electron chi connectivity index (χ1n) is 6.01. The van der Waals surface area contributed by atoms with Gasteiger partial charge in [0, 0.05) is 19.6 Å². The van der Waals surface area contributed by atoms with Crippen LogP contribution in [0.1, 0.15) is 11.1 Å². The third-order valence-corrected chi connectivity index (χ3v) is 3.13. The van der Waals surface area contributed by atoms with E-state index in [9.17, 15) is 5.11 Å². The molecule has 0 aliphatic carbocycles. The molecule has 0 amide bonds. The highest BCUT2D eigenvalue weighted by Crippen LogP contribution is 2.19. The molecule has 0 atom stereocenters. The molecule has 2 rings (SSSR count). The van der Waals surface area contributed by atoms with Crippen molar-refractivity contribution in [2.75, 3.05) is 32.8 Å². The zero-order chi connectivity index (χ0) is 12.1. The van der Waals surface area contributed by atoms with Gasteiger partial charge in [-0.15, -0.1) is 0 Å². The third kappa shape index (κ3) is 3.43. The first-order chi connectivity index (χ1) is 8.29. The van der Waals surface area contributed by atoms with Crippen molar-refractivity contribution in [3.63, 3.8) is 0 Å². The lowest BCUT2D eigenvalue weighted by Crippen LogP contribution is -2.37.